The minimum absolute atomic E-state index is 0.0470. The molecule has 0 amide bonds. The Morgan fingerprint density at radius 2 is 1.60 bits per heavy atom. The van der Waals surface area contributed by atoms with Gasteiger partial charge in [0, 0.05) is 18.1 Å². The van der Waals surface area contributed by atoms with Gasteiger partial charge in [0.25, 0.3) is 0 Å². The van der Waals surface area contributed by atoms with Gasteiger partial charge in [0.05, 0.1) is 4.90 Å². The van der Waals surface area contributed by atoms with E-state index in [2.05, 4.69) is 0 Å². The molecule has 0 fully saturated rings. The molecule has 7 heteroatoms. The monoisotopic (exact) mass is 387 g/mol. The molecule has 2 unspecified atom stereocenters. The molecule has 0 spiro atoms. The van der Waals surface area contributed by atoms with Crippen molar-refractivity contribution in [2.45, 2.75) is 37.6 Å². The lowest BCUT2D eigenvalue weighted by atomic mass is 10.2. The normalized spacial score (nSPS) is 14.5. The summed E-state index contributed by atoms with van der Waals surface area (Å²) in [5.74, 6) is 0. The van der Waals surface area contributed by atoms with Crippen LogP contribution in [0.15, 0.2) is 53.4 Å². The lowest BCUT2D eigenvalue weighted by molar-refractivity contribution is 0.153. The molecular formula is C18H20ClF2NO2S. The van der Waals surface area contributed by atoms with E-state index in [1.165, 1.54) is 12.1 Å². The molecule has 3 nitrogen and oxygen atoms in total. The Morgan fingerprint density at radius 1 is 1.04 bits per heavy atom. The van der Waals surface area contributed by atoms with Gasteiger partial charge >= 0.3 is 0 Å². The van der Waals surface area contributed by atoms with Crippen LogP contribution in [-0.2, 0) is 16.6 Å². The van der Waals surface area contributed by atoms with Gasteiger partial charge in [-0.15, -0.1) is 0 Å². The van der Waals surface area contributed by atoms with Crippen LogP contribution >= 0.6 is 11.6 Å². The molecule has 2 rings (SSSR count). The van der Waals surface area contributed by atoms with Crippen LogP contribution in [0, 0.1) is 6.92 Å². The van der Waals surface area contributed by atoms with E-state index in [0.717, 1.165) is 16.8 Å². The van der Waals surface area contributed by atoms with Gasteiger partial charge < -0.3 is 0 Å². The van der Waals surface area contributed by atoms with E-state index in [0.29, 0.717) is 10.6 Å². The van der Waals surface area contributed by atoms with E-state index in [4.69, 9.17) is 11.6 Å². The first kappa shape index (κ1) is 19.8. The minimum atomic E-state index is -3.96. The van der Waals surface area contributed by atoms with Crippen molar-refractivity contribution < 1.29 is 17.2 Å². The number of nitrogens with zero attached hydrogens (tertiary/aromatic N) is 1. The second-order valence-electron chi connectivity index (χ2n) is 5.93. The average Bonchev–Trinajstić information content (AvgIpc) is 2.56. The van der Waals surface area contributed by atoms with Crippen molar-refractivity contribution in [3.8, 4) is 0 Å². The predicted molar refractivity (Wildman–Crippen MR) is 95.7 cm³/mol. The van der Waals surface area contributed by atoms with E-state index < -0.39 is 28.9 Å². The first-order chi connectivity index (χ1) is 11.7. The molecule has 2 aromatic carbocycles. The molecule has 0 saturated carbocycles. The fourth-order valence-corrected chi connectivity index (χ4v) is 3.80. The summed E-state index contributed by atoms with van der Waals surface area (Å²) in [5.41, 5.74) is 1.54. The van der Waals surface area contributed by atoms with Gasteiger partial charge in [-0.1, -0.05) is 41.4 Å². The Hall–Kier alpha value is -1.50. The highest BCUT2D eigenvalue weighted by Gasteiger charge is 2.29. The lowest BCUT2D eigenvalue weighted by Gasteiger charge is -2.24. The number of benzene rings is 2. The molecule has 0 bridgehead atoms. The summed E-state index contributed by atoms with van der Waals surface area (Å²) in [5, 5.41) is 0.512. The quantitative estimate of drug-likeness (QED) is 0.699. The first-order valence-corrected chi connectivity index (χ1v) is 9.61. The van der Waals surface area contributed by atoms with Gasteiger partial charge in [0.15, 0.2) is 0 Å². The molecular weight excluding hydrogens is 368 g/mol. The highest BCUT2D eigenvalue weighted by molar-refractivity contribution is 7.89. The predicted octanol–water partition coefficient (Wildman–Crippen LogP) is 4.54. The van der Waals surface area contributed by atoms with Gasteiger partial charge in [-0.05, 0) is 43.7 Å². The molecule has 136 valence electrons. The van der Waals surface area contributed by atoms with Crippen LogP contribution in [-0.4, -0.2) is 31.6 Å². The van der Waals surface area contributed by atoms with Gasteiger partial charge in [-0.25, -0.2) is 17.2 Å². The Bertz CT molecular complexity index is 793. The van der Waals surface area contributed by atoms with Crippen molar-refractivity contribution >= 4 is 21.6 Å². The fourth-order valence-electron chi connectivity index (χ4n) is 2.24. The molecule has 2 atom stereocenters. The van der Waals surface area contributed by atoms with Crippen LogP contribution in [0.25, 0.3) is 0 Å². The number of alkyl halides is 2. The average molecular weight is 388 g/mol. The topological polar surface area (TPSA) is 37.4 Å². The number of hydrogen-bond donors (Lipinski definition) is 0. The summed E-state index contributed by atoms with van der Waals surface area (Å²) in [7, 11) is -3.96. The van der Waals surface area contributed by atoms with E-state index in [1.807, 2.05) is 6.92 Å². The third-order valence-electron chi connectivity index (χ3n) is 3.81. The summed E-state index contributed by atoms with van der Waals surface area (Å²) in [6.07, 6.45) is -3.67. The van der Waals surface area contributed by atoms with Gasteiger partial charge in [0.1, 0.15) is 12.3 Å². The summed E-state index contributed by atoms with van der Waals surface area (Å²) in [6.45, 7) is 2.28. The highest BCUT2D eigenvalue weighted by atomic mass is 35.5. The van der Waals surface area contributed by atoms with Crippen molar-refractivity contribution in [2.24, 2.45) is 0 Å². The number of rotatable bonds is 7. The Morgan fingerprint density at radius 3 is 2.12 bits per heavy atom. The molecule has 0 N–H and O–H groups in total. The molecule has 0 saturated heterocycles. The second kappa shape index (κ2) is 8.25. The third kappa shape index (κ3) is 5.23. The third-order valence-corrected chi connectivity index (χ3v) is 5.89. The van der Waals surface area contributed by atoms with Gasteiger partial charge in [-0.3, -0.25) is 0 Å². The maximum absolute atomic E-state index is 14.0. The molecule has 0 heterocycles. The zero-order valence-electron chi connectivity index (χ0n) is 14.0. The maximum Gasteiger partial charge on any atom is 0.243 e. The zero-order chi connectivity index (χ0) is 18.6. The van der Waals surface area contributed by atoms with Gasteiger partial charge in [0.2, 0.25) is 10.0 Å². The second-order valence-corrected chi connectivity index (χ2v) is 8.30. The summed E-state index contributed by atoms with van der Waals surface area (Å²) >= 11 is 5.83. The molecule has 0 aliphatic heterocycles. The Kier molecular flexibility index (Phi) is 6.54. The molecule has 0 aliphatic carbocycles. The van der Waals surface area contributed by atoms with Crippen molar-refractivity contribution in [3.63, 3.8) is 0 Å². The molecule has 0 radical (unpaired) electrons. The van der Waals surface area contributed by atoms with E-state index in [1.54, 1.807) is 36.4 Å². The Labute approximate surface area is 152 Å². The maximum atomic E-state index is 14.0. The zero-order valence-corrected chi connectivity index (χ0v) is 15.6. The van der Waals surface area contributed by atoms with Crippen LogP contribution in [0.3, 0.4) is 0 Å². The summed E-state index contributed by atoms with van der Waals surface area (Å²) in [6, 6.07) is 12.8. The molecule has 0 aliphatic rings. The van der Waals surface area contributed by atoms with Gasteiger partial charge in [-0.2, -0.15) is 4.31 Å². The number of aryl methyl sites for hydroxylation is 1. The van der Waals surface area contributed by atoms with Crippen molar-refractivity contribution in [2.75, 3.05) is 6.54 Å². The SMILES string of the molecule is Cc1ccc(S(=O)(=O)N(Cc2ccc(Cl)cc2)CC(F)C(C)F)cc1. The largest absolute Gasteiger partial charge is 0.245 e. The minimum Gasteiger partial charge on any atom is -0.245 e. The summed E-state index contributed by atoms with van der Waals surface area (Å²) in [4.78, 5) is 0.0470. The fraction of sp³-hybridized carbons (Fsp3) is 0.333. The van der Waals surface area contributed by atoms with E-state index in [-0.39, 0.29) is 11.4 Å². The number of hydrogen-bond acceptors (Lipinski definition) is 2. The Balaban J connectivity index is 2.35. The van der Waals surface area contributed by atoms with E-state index >= 15 is 0 Å². The summed E-state index contributed by atoms with van der Waals surface area (Å²) < 4.78 is 54.0. The van der Waals surface area contributed by atoms with Crippen LogP contribution in [0.1, 0.15) is 18.1 Å². The van der Waals surface area contributed by atoms with Crippen molar-refractivity contribution in [1.82, 2.24) is 4.31 Å². The highest BCUT2D eigenvalue weighted by Crippen LogP contribution is 2.22. The van der Waals surface area contributed by atoms with Crippen LogP contribution in [0.2, 0.25) is 5.02 Å². The van der Waals surface area contributed by atoms with Crippen LogP contribution in [0.4, 0.5) is 8.78 Å². The smallest absolute Gasteiger partial charge is 0.243 e. The standard InChI is InChI=1S/C18H20ClF2NO2S/c1-13-3-9-17(10-4-13)25(23,24)22(12-18(21)14(2)20)11-15-5-7-16(19)8-6-15/h3-10,14,18H,11-12H2,1-2H3. The van der Waals surface area contributed by atoms with Crippen LogP contribution < -0.4 is 0 Å². The van der Waals surface area contributed by atoms with E-state index in [9.17, 15) is 17.2 Å². The van der Waals surface area contributed by atoms with Crippen molar-refractivity contribution in [3.05, 3.63) is 64.7 Å². The first-order valence-electron chi connectivity index (χ1n) is 7.79. The number of halogens is 3. The van der Waals surface area contributed by atoms with Crippen LogP contribution in [0.5, 0.6) is 0 Å². The lowest BCUT2D eigenvalue weighted by Crippen LogP contribution is -2.38. The molecule has 0 aromatic heterocycles. The number of sulfonamides is 1. The van der Waals surface area contributed by atoms with Crippen molar-refractivity contribution in [1.29, 1.82) is 0 Å². The molecule has 25 heavy (non-hydrogen) atoms. The molecule has 2 aromatic rings.